The van der Waals surface area contributed by atoms with Gasteiger partial charge in [-0.1, -0.05) is 18.2 Å². The van der Waals surface area contributed by atoms with Crippen LogP contribution in [0.5, 0.6) is 0 Å². The molecule has 0 bridgehead atoms. The smallest absolute Gasteiger partial charge is 0.254 e. The van der Waals surface area contributed by atoms with E-state index in [2.05, 4.69) is 26.7 Å². The molecule has 0 unspecified atom stereocenters. The molecular formula is C24H26N4O2S. The van der Waals surface area contributed by atoms with Crippen LogP contribution in [0.2, 0.25) is 0 Å². The number of imidazole rings is 1. The van der Waals surface area contributed by atoms with Gasteiger partial charge in [0, 0.05) is 68.4 Å². The Balaban J connectivity index is 1.33. The van der Waals surface area contributed by atoms with E-state index in [4.69, 9.17) is 0 Å². The summed E-state index contributed by atoms with van der Waals surface area (Å²) in [6.45, 7) is 2.79. The molecule has 0 N–H and O–H groups in total. The summed E-state index contributed by atoms with van der Waals surface area (Å²) in [5.74, 6) is 0.832. The lowest BCUT2D eigenvalue weighted by Gasteiger charge is -2.39. The Morgan fingerprint density at radius 1 is 1.13 bits per heavy atom. The molecule has 2 aromatic heterocycles. The number of piperidine rings is 1. The molecule has 160 valence electrons. The van der Waals surface area contributed by atoms with E-state index in [0.717, 1.165) is 18.5 Å². The molecule has 1 aromatic carbocycles. The van der Waals surface area contributed by atoms with Gasteiger partial charge in [-0.2, -0.15) is 11.3 Å². The molecule has 2 fully saturated rings. The SMILES string of the molecule is O=C(CCn1ccnc1)N1CC[C@H]2[C@@H](C1)[C@H](c1ccsc1)CN2C(=O)c1ccccc1. The second-order valence-electron chi connectivity index (χ2n) is 8.40. The van der Waals surface area contributed by atoms with Crippen LogP contribution < -0.4 is 0 Å². The van der Waals surface area contributed by atoms with Gasteiger partial charge in [-0.3, -0.25) is 9.59 Å². The second-order valence-corrected chi connectivity index (χ2v) is 9.18. The zero-order valence-corrected chi connectivity index (χ0v) is 18.2. The molecule has 0 aliphatic carbocycles. The van der Waals surface area contributed by atoms with E-state index in [0.29, 0.717) is 26.1 Å². The summed E-state index contributed by atoms with van der Waals surface area (Å²) in [7, 11) is 0. The van der Waals surface area contributed by atoms with Crippen molar-refractivity contribution < 1.29 is 9.59 Å². The van der Waals surface area contributed by atoms with Crippen molar-refractivity contribution in [1.29, 1.82) is 0 Å². The van der Waals surface area contributed by atoms with Crippen LogP contribution in [0.1, 0.15) is 34.7 Å². The molecule has 31 heavy (non-hydrogen) atoms. The van der Waals surface area contributed by atoms with Gasteiger partial charge in [-0.25, -0.2) is 4.98 Å². The van der Waals surface area contributed by atoms with Crippen LogP contribution in [0.4, 0.5) is 0 Å². The summed E-state index contributed by atoms with van der Waals surface area (Å²) in [5, 5.41) is 4.29. The van der Waals surface area contributed by atoms with Gasteiger partial charge in [0.25, 0.3) is 5.91 Å². The number of hydrogen-bond acceptors (Lipinski definition) is 4. The maximum absolute atomic E-state index is 13.3. The lowest BCUT2D eigenvalue weighted by Crippen LogP contribution is -2.49. The standard InChI is InChI=1S/C24H26N4O2S/c29-23(7-10-26-12-9-25-17-26)27-11-6-22-21(14-27)20(19-8-13-31-16-19)15-28(22)24(30)18-4-2-1-3-5-18/h1-5,8-9,12-13,16-17,20-22H,6-7,10-11,14-15H2/t20-,21-,22-/m0/s1. The highest BCUT2D eigenvalue weighted by atomic mass is 32.1. The molecule has 2 amide bonds. The minimum atomic E-state index is 0.105. The van der Waals surface area contributed by atoms with Crippen LogP contribution in [0.25, 0.3) is 0 Å². The molecule has 0 radical (unpaired) electrons. The number of fused-ring (bicyclic) bond motifs is 1. The van der Waals surface area contributed by atoms with Crippen molar-refractivity contribution in [1.82, 2.24) is 19.4 Å². The number of aryl methyl sites for hydroxylation is 1. The van der Waals surface area contributed by atoms with E-state index in [9.17, 15) is 9.59 Å². The number of rotatable bonds is 5. The van der Waals surface area contributed by atoms with Crippen molar-refractivity contribution in [3.8, 4) is 0 Å². The fourth-order valence-corrected chi connectivity index (χ4v) is 5.81. The van der Waals surface area contributed by atoms with Gasteiger partial charge in [0.05, 0.1) is 6.33 Å². The van der Waals surface area contributed by atoms with Gasteiger partial charge < -0.3 is 14.4 Å². The number of nitrogens with zero attached hydrogens (tertiary/aromatic N) is 4. The highest BCUT2D eigenvalue weighted by molar-refractivity contribution is 7.08. The first-order valence-corrected chi connectivity index (χ1v) is 11.8. The van der Waals surface area contributed by atoms with E-state index in [1.54, 1.807) is 23.9 Å². The molecule has 2 aliphatic rings. The van der Waals surface area contributed by atoms with E-state index in [1.165, 1.54) is 5.56 Å². The van der Waals surface area contributed by atoms with Crippen LogP contribution in [-0.4, -0.2) is 56.8 Å². The van der Waals surface area contributed by atoms with E-state index < -0.39 is 0 Å². The normalized spacial score (nSPS) is 23.0. The maximum Gasteiger partial charge on any atom is 0.254 e. The number of carbonyl (C=O) groups is 2. The van der Waals surface area contributed by atoms with Crippen LogP contribution in [-0.2, 0) is 11.3 Å². The Bertz CT molecular complexity index is 1020. The third-order valence-electron chi connectivity index (χ3n) is 6.68. The lowest BCUT2D eigenvalue weighted by atomic mass is 9.82. The molecule has 7 heteroatoms. The first kappa shape index (κ1) is 20.0. The van der Waals surface area contributed by atoms with Crippen molar-refractivity contribution in [3.05, 3.63) is 77.0 Å². The molecule has 2 aliphatic heterocycles. The number of thiophene rings is 1. The molecule has 3 aromatic rings. The maximum atomic E-state index is 13.3. The number of carbonyl (C=O) groups excluding carboxylic acids is 2. The van der Waals surface area contributed by atoms with Gasteiger partial charge in [-0.05, 0) is 40.9 Å². The summed E-state index contributed by atoms with van der Waals surface area (Å²) in [6, 6.07) is 11.9. The Kier molecular flexibility index (Phi) is 5.59. The van der Waals surface area contributed by atoms with Gasteiger partial charge >= 0.3 is 0 Å². The second kappa shape index (κ2) is 8.67. The van der Waals surface area contributed by atoms with Crippen LogP contribution >= 0.6 is 11.3 Å². The quantitative estimate of drug-likeness (QED) is 0.618. The fourth-order valence-electron chi connectivity index (χ4n) is 5.08. The van der Waals surface area contributed by atoms with Crippen molar-refractivity contribution in [2.24, 2.45) is 5.92 Å². The van der Waals surface area contributed by atoms with E-state index in [-0.39, 0.29) is 29.7 Å². The van der Waals surface area contributed by atoms with E-state index >= 15 is 0 Å². The van der Waals surface area contributed by atoms with Crippen molar-refractivity contribution in [2.45, 2.75) is 31.3 Å². The summed E-state index contributed by atoms with van der Waals surface area (Å²) >= 11 is 1.69. The minimum absolute atomic E-state index is 0.105. The van der Waals surface area contributed by atoms with E-state index in [1.807, 2.05) is 46.0 Å². The highest BCUT2D eigenvalue weighted by Gasteiger charge is 2.47. The minimum Gasteiger partial charge on any atom is -0.342 e. The average Bonchev–Trinajstić information content (AvgIpc) is 3.58. The van der Waals surface area contributed by atoms with Gasteiger partial charge in [-0.15, -0.1) is 0 Å². The van der Waals surface area contributed by atoms with Crippen molar-refractivity contribution in [3.63, 3.8) is 0 Å². The van der Waals surface area contributed by atoms with Crippen LogP contribution in [0.15, 0.2) is 65.9 Å². The summed E-state index contributed by atoms with van der Waals surface area (Å²) in [4.78, 5) is 34.4. The summed E-state index contributed by atoms with van der Waals surface area (Å²) < 4.78 is 1.94. The monoisotopic (exact) mass is 434 g/mol. The average molecular weight is 435 g/mol. The number of likely N-dealkylation sites (tertiary alicyclic amines) is 2. The number of benzene rings is 1. The predicted molar refractivity (Wildman–Crippen MR) is 120 cm³/mol. The van der Waals surface area contributed by atoms with Gasteiger partial charge in [0.1, 0.15) is 0 Å². The predicted octanol–water partition coefficient (Wildman–Crippen LogP) is 3.49. The first-order chi connectivity index (χ1) is 15.2. The molecule has 2 saturated heterocycles. The Morgan fingerprint density at radius 2 is 2.00 bits per heavy atom. The first-order valence-electron chi connectivity index (χ1n) is 10.8. The number of aromatic nitrogens is 2. The van der Waals surface area contributed by atoms with Gasteiger partial charge in [0.2, 0.25) is 5.91 Å². The molecule has 5 rings (SSSR count). The third kappa shape index (κ3) is 4.02. The zero-order valence-electron chi connectivity index (χ0n) is 17.3. The van der Waals surface area contributed by atoms with Gasteiger partial charge in [0.15, 0.2) is 0 Å². The zero-order chi connectivity index (χ0) is 21.2. The summed E-state index contributed by atoms with van der Waals surface area (Å²) in [6.07, 6.45) is 6.68. The Hall–Kier alpha value is -2.93. The third-order valence-corrected chi connectivity index (χ3v) is 7.38. The topological polar surface area (TPSA) is 58.4 Å². The molecule has 0 saturated carbocycles. The Morgan fingerprint density at radius 3 is 2.74 bits per heavy atom. The fraction of sp³-hybridized carbons (Fsp3) is 0.375. The molecule has 4 heterocycles. The molecular weight excluding hydrogens is 408 g/mol. The number of hydrogen-bond donors (Lipinski definition) is 0. The summed E-state index contributed by atoms with van der Waals surface area (Å²) in [5.41, 5.74) is 2.03. The lowest BCUT2D eigenvalue weighted by molar-refractivity contribution is -0.133. The molecule has 0 spiro atoms. The van der Waals surface area contributed by atoms with Crippen LogP contribution in [0, 0.1) is 5.92 Å². The molecule has 3 atom stereocenters. The highest BCUT2D eigenvalue weighted by Crippen LogP contribution is 2.42. The Labute approximate surface area is 186 Å². The van der Waals surface area contributed by atoms with Crippen molar-refractivity contribution >= 4 is 23.2 Å². The largest absolute Gasteiger partial charge is 0.342 e. The molecule has 6 nitrogen and oxygen atoms in total. The van der Waals surface area contributed by atoms with Crippen molar-refractivity contribution in [2.75, 3.05) is 19.6 Å². The number of amides is 2. The van der Waals surface area contributed by atoms with Crippen LogP contribution in [0.3, 0.4) is 0 Å².